The average molecular weight is 627 g/mol. The number of nitrogens with zero attached hydrogens (tertiary/aromatic N) is 2. The lowest BCUT2D eigenvalue weighted by molar-refractivity contribution is -0.140. The molecule has 0 bridgehead atoms. The topological polar surface area (TPSA) is 96.0 Å². The summed E-state index contributed by atoms with van der Waals surface area (Å²) in [6, 6.07) is 15.9. The molecule has 3 rings (SSSR count). The first-order chi connectivity index (χ1) is 19.0. The van der Waals surface area contributed by atoms with Gasteiger partial charge in [0.15, 0.2) is 0 Å². The van der Waals surface area contributed by atoms with E-state index in [1.165, 1.54) is 60.5 Å². The average Bonchev–Trinajstić information content (AvgIpc) is 2.93. The molecule has 0 saturated heterocycles. The SMILES string of the molecule is CCNC(=O)[C@H](CC)N(Cc1ccc(Cl)cc1Cl)C(=O)CN(c1ccc(Cl)cc1)S(=O)(=O)c1ccc(OC)cc1. The molecule has 0 aromatic heterocycles. The third-order valence-electron chi connectivity index (χ3n) is 6.13. The largest absolute Gasteiger partial charge is 0.497 e. The van der Waals surface area contributed by atoms with Gasteiger partial charge in [-0.15, -0.1) is 0 Å². The van der Waals surface area contributed by atoms with Crippen molar-refractivity contribution < 1.29 is 22.7 Å². The summed E-state index contributed by atoms with van der Waals surface area (Å²) in [5, 5.41) is 3.89. The van der Waals surface area contributed by atoms with Gasteiger partial charge in [-0.05, 0) is 79.6 Å². The van der Waals surface area contributed by atoms with Gasteiger partial charge in [-0.2, -0.15) is 0 Å². The number of likely N-dealkylation sites (N-methyl/N-ethyl adjacent to an activating group) is 1. The lowest BCUT2D eigenvalue weighted by Crippen LogP contribution is -2.52. The lowest BCUT2D eigenvalue weighted by Gasteiger charge is -2.33. The number of halogens is 3. The Morgan fingerprint density at radius 3 is 2.10 bits per heavy atom. The Morgan fingerprint density at radius 1 is 0.925 bits per heavy atom. The summed E-state index contributed by atoms with van der Waals surface area (Å²) in [5.74, 6) is -0.484. The minimum absolute atomic E-state index is 0.0402. The van der Waals surface area contributed by atoms with Crippen LogP contribution < -0.4 is 14.4 Å². The summed E-state index contributed by atoms with van der Waals surface area (Å²) < 4.78 is 33.9. The Morgan fingerprint density at radius 2 is 1.55 bits per heavy atom. The Hall–Kier alpha value is -2.98. The molecule has 2 amide bonds. The molecule has 0 heterocycles. The van der Waals surface area contributed by atoms with Crippen LogP contribution in [0.4, 0.5) is 5.69 Å². The highest BCUT2D eigenvalue weighted by Crippen LogP contribution is 2.28. The van der Waals surface area contributed by atoms with Crippen molar-refractivity contribution in [3.63, 3.8) is 0 Å². The van der Waals surface area contributed by atoms with Gasteiger partial charge in [-0.25, -0.2) is 8.42 Å². The second kappa shape index (κ2) is 14.1. The van der Waals surface area contributed by atoms with E-state index in [0.717, 1.165) is 4.31 Å². The maximum Gasteiger partial charge on any atom is 0.264 e. The number of methoxy groups -OCH3 is 1. The van der Waals surface area contributed by atoms with Gasteiger partial charge in [0.25, 0.3) is 10.0 Å². The van der Waals surface area contributed by atoms with Gasteiger partial charge >= 0.3 is 0 Å². The monoisotopic (exact) mass is 625 g/mol. The molecule has 3 aromatic rings. The predicted octanol–water partition coefficient (Wildman–Crippen LogP) is 5.79. The molecule has 0 aliphatic rings. The zero-order valence-corrected chi connectivity index (χ0v) is 25.3. The van der Waals surface area contributed by atoms with Crippen LogP contribution in [0.3, 0.4) is 0 Å². The number of nitrogens with one attached hydrogen (secondary N) is 1. The van der Waals surface area contributed by atoms with Gasteiger partial charge in [0.1, 0.15) is 18.3 Å². The van der Waals surface area contributed by atoms with E-state index in [9.17, 15) is 18.0 Å². The normalized spacial score (nSPS) is 11.9. The predicted molar refractivity (Wildman–Crippen MR) is 159 cm³/mol. The van der Waals surface area contributed by atoms with Crippen molar-refractivity contribution in [2.24, 2.45) is 0 Å². The van der Waals surface area contributed by atoms with Crippen LogP contribution in [0.25, 0.3) is 0 Å². The minimum Gasteiger partial charge on any atom is -0.497 e. The van der Waals surface area contributed by atoms with Crippen molar-refractivity contribution >= 4 is 62.3 Å². The van der Waals surface area contributed by atoms with Gasteiger partial charge in [0.05, 0.1) is 17.7 Å². The molecule has 0 aliphatic heterocycles. The molecular weight excluding hydrogens is 597 g/mol. The van der Waals surface area contributed by atoms with Crippen LogP contribution in [0.2, 0.25) is 15.1 Å². The third kappa shape index (κ3) is 7.60. The summed E-state index contributed by atoms with van der Waals surface area (Å²) in [5.41, 5.74) is 0.780. The number of benzene rings is 3. The van der Waals surface area contributed by atoms with Crippen molar-refractivity contribution in [3.05, 3.63) is 87.4 Å². The van der Waals surface area contributed by atoms with E-state index in [1.807, 2.05) is 0 Å². The Balaban J connectivity index is 2.07. The first kappa shape index (κ1) is 31.5. The van der Waals surface area contributed by atoms with E-state index in [-0.39, 0.29) is 29.5 Å². The van der Waals surface area contributed by atoms with Crippen LogP contribution in [-0.4, -0.2) is 51.4 Å². The summed E-state index contributed by atoms with van der Waals surface area (Å²) in [4.78, 5) is 28.3. The number of carbonyl (C=O) groups is 2. The van der Waals surface area contributed by atoms with E-state index < -0.39 is 28.5 Å². The van der Waals surface area contributed by atoms with Crippen LogP contribution in [0, 0.1) is 0 Å². The van der Waals surface area contributed by atoms with E-state index >= 15 is 0 Å². The molecule has 0 fully saturated rings. The molecule has 12 heteroatoms. The first-order valence-corrected chi connectivity index (χ1v) is 15.0. The Kier molecular flexibility index (Phi) is 11.1. The minimum atomic E-state index is -4.23. The van der Waals surface area contributed by atoms with Gasteiger partial charge in [-0.1, -0.05) is 47.8 Å². The van der Waals surface area contributed by atoms with Crippen molar-refractivity contribution in [2.75, 3.05) is 24.5 Å². The maximum atomic E-state index is 14.0. The summed E-state index contributed by atoms with van der Waals surface area (Å²) in [6.45, 7) is 3.28. The number of sulfonamides is 1. The van der Waals surface area contributed by atoms with Crippen molar-refractivity contribution in [1.82, 2.24) is 10.2 Å². The number of carbonyl (C=O) groups excluding carboxylic acids is 2. The zero-order chi connectivity index (χ0) is 29.4. The molecule has 1 atom stereocenters. The molecule has 0 saturated carbocycles. The summed E-state index contributed by atoms with van der Waals surface area (Å²) in [7, 11) is -2.75. The highest BCUT2D eigenvalue weighted by Gasteiger charge is 2.34. The number of hydrogen-bond donors (Lipinski definition) is 1. The highest BCUT2D eigenvalue weighted by molar-refractivity contribution is 7.92. The Labute approximate surface area is 249 Å². The van der Waals surface area contributed by atoms with Crippen molar-refractivity contribution in [2.45, 2.75) is 37.8 Å². The van der Waals surface area contributed by atoms with Gasteiger partial charge in [-0.3, -0.25) is 13.9 Å². The smallest absolute Gasteiger partial charge is 0.264 e. The number of amides is 2. The lowest BCUT2D eigenvalue weighted by atomic mass is 10.1. The van der Waals surface area contributed by atoms with Gasteiger partial charge in [0.2, 0.25) is 11.8 Å². The molecule has 0 radical (unpaired) electrons. The summed E-state index contributed by atoms with van der Waals surface area (Å²) >= 11 is 18.5. The van der Waals surface area contributed by atoms with E-state index in [2.05, 4.69) is 5.32 Å². The molecule has 0 unspecified atom stereocenters. The standard InChI is InChI=1S/C28H30Cl3N3O5S/c1-4-26(28(36)32-5-2)33(17-19-6-7-21(30)16-25(19)31)27(35)18-34(22-10-8-20(29)9-11-22)40(37,38)24-14-12-23(39-3)13-15-24/h6-16,26H,4-5,17-18H2,1-3H3,(H,32,36)/t26-/m0/s1. The van der Waals surface area contributed by atoms with Gasteiger partial charge in [0, 0.05) is 28.2 Å². The van der Waals surface area contributed by atoms with Gasteiger partial charge < -0.3 is 15.0 Å². The highest BCUT2D eigenvalue weighted by atomic mass is 35.5. The van der Waals surface area contributed by atoms with Crippen LogP contribution in [0.5, 0.6) is 5.75 Å². The van der Waals surface area contributed by atoms with E-state index in [1.54, 1.807) is 32.0 Å². The molecule has 1 N–H and O–H groups in total. The number of ether oxygens (including phenoxy) is 1. The van der Waals surface area contributed by atoms with Crippen molar-refractivity contribution in [3.8, 4) is 5.75 Å². The van der Waals surface area contributed by atoms with E-state index in [0.29, 0.717) is 32.9 Å². The van der Waals surface area contributed by atoms with E-state index in [4.69, 9.17) is 39.5 Å². The molecule has 0 aliphatic carbocycles. The molecule has 8 nitrogen and oxygen atoms in total. The fraction of sp³-hybridized carbons (Fsp3) is 0.286. The second-order valence-electron chi connectivity index (χ2n) is 8.74. The Bertz CT molecular complexity index is 1430. The van der Waals surface area contributed by atoms with Crippen LogP contribution >= 0.6 is 34.8 Å². The van der Waals surface area contributed by atoms with Crippen LogP contribution in [0.15, 0.2) is 71.6 Å². The van der Waals surface area contributed by atoms with Crippen LogP contribution in [-0.2, 0) is 26.2 Å². The summed E-state index contributed by atoms with van der Waals surface area (Å²) in [6.07, 6.45) is 0.287. The third-order valence-corrected chi connectivity index (χ3v) is 8.76. The molecular formula is C28H30Cl3N3O5S. The second-order valence-corrected chi connectivity index (χ2v) is 11.9. The number of hydrogen-bond acceptors (Lipinski definition) is 5. The number of rotatable bonds is 12. The maximum absolute atomic E-state index is 14.0. The van der Waals surface area contributed by atoms with Crippen LogP contribution in [0.1, 0.15) is 25.8 Å². The zero-order valence-electron chi connectivity index (χ0n) is 22.2. The first-order valence-electron chi connectivity index (χ1n) is 12.4. The molecule has 0 spiro atoms. The molecule has 214 valence electrons. The quantitative estimate of drug-likeness (QED) is 0.274. The fourth-order valence-electron chi connectivity index (χ4n) is 4.06. The molecule has 40 heavy (non-hydrogen) atoms. The molecule has 3 aromatic carbocycles. The number of anilines is 1. The van der Waals surface area contributed by atoms with Crippen molar-refractivity contribution in [1.29, 1.82) is 0 Å². The fourth-order valence-corrected chi connectivity index (χ4v) is 6.06.